The Bertz CT molecular complexity index is 537. The minimum atomic E-state index is -0.487. The minimum absolute atomic E-state index is 0.131. The third kappa shape index (κ3) is 3.78. The number of thioether (sulfide) groups is 1. The third-order valence-corrected chi connectivity index (χ3v) is 3.74. The summed E-state index contributed by atoms with van der Waals surface area (Å²) in [4.78, 5) is 1.01. The highest BCUT2D eigenvalue weighted by Crippen LogP contribution is 2.26. The molecule has 2 aromatic rings. The van der Waals surface area contributed by atoms with E-state index in [0.29, 0.717) is 5.75 Å². The lowest BCUT2D eigenvalue weighted by Gasteiger charge is -2.06. The minimum Gasteiger partial charge on any atom is -0.316 e. The van der Waals surface area contributed by atoms with Crippen LogP contribution in [0.15, 0.2) is 47.4 Å². The molecule has 0 aliphatic carbocycles. The van der Waals surface area contributed by atoms with Gasteiger partial charge in [0.2, 0.25) is 0 Å². The molecule has 1 nitrogen and oxygen atoms in total. The third-order valence-electron chi connectivity index (χ3n) is 2.72. The van der Waals surface area contributed by atoms with Crippen LogP contribution in [0.25, 0.3) is 0 Å². The molecule has 0 atom stereocenters. The standard InChI is InChI=1S/C15H15F2NS/c1-18-9-11-4-2-5-12(8-11)19-10-13-14(16)6-3-7-15(13)17/h2-8,18H,9-10H2,1H3. The van der Waals surface area contributed by atoms with Crippen molar-refractivity contribution >= 4 is 11.8 Å². The molecule has 0 radical (unpaired) electrons. The molecule has 0 unspecified atom stereocenters. The first-order valence-corrected chi connectivity index (χ1v) is 6.98. The predicted octanol–water partition coefficient (Wildman–Crippen LogP) is 3.98. The van der Waals surface area contributed by atoms with Crippen LogP contribution in [-0.2, 0) is 12.3 Å². The van der Waals surface area contributed by atoms with E-state index in [4.69, 9.17) is 0 Å². The number of benzene rings is 2. The van der Waals surface area contributed by atoms with E-state index in [2.05, 4.69) is 5.32 Å². The Hall–Kier alpha value is -1.39. The predicted molar refractivity (Wildman–Crippen MR) is 75.1 cm³/mol. The maximum Gasteiger partial charge on any atom is 0.130 e. The van der Waals surface area contributed by atoms with E-state index in [1.54, 1.807) is 0 Å². The monoisotopic (exact) mass is 279 g/mol. The highest BCUT2D eigenvalue weighted by atomic mass is 32.2. The van der Waals surface area contributed by atoms with Gasteiger partial charge in [-0.15, -0.1) is 11.8 Å². The first-order valence-electron chi connectivity index (χ1n) is 6.00. The van der Waals surface area contributed by atoms with Crippen molar-refractivity contribution < 1.29 is 8.78 Å². The van der Waals surface area contributed by atoms with E-state index >= 15 is 0 Å². The van der Waals surface area contributed by atoms with Gasteiger partial charge in [0, 0.05) is 22.8 Å². The molecule has 0 aliphatic rings. The van der Waals surface area contributed by atoms with Gasteiger partial charge in [0.25, 0.3) is 0 Å². The van der Waals surface area contributed by atoms with Gasteiger partial charge >= 0.3 is 0 Å². The first kappa shape index (κ1) is 14.0. The summed E-state index contributed by atoms with van der Waals surface area (Å²) in [7, 11) is 1.88. The van der Waals surface area contributed by atoms with Crippen LogP contribution >= 0.6 is 11.8 Å². The second kappa shape index (κ2) is 6.68. The Labute approximate surface area is 116 Å². The van der Waals surface area contributed by atoms with E-state index in [-0.39, 0.29) is 5.56 Å². The van der Waals surface area contributed by atoms with Crippen molar-refractivity contribution in [3.8, 4) is 0 Å². The molecule has 0 saturated heterocycles. The molecular formula is C15H15F2NS. The van der Waals surface area contributed by atoms with Crippen LogP contribution in [0.5, 0.6) is 0 Å². The summed E-state index contributed by atoms with van der Waals surface area (Å²) in [6.07, 6.45) is 0. The van der Waals surface area contributed by atoms with Crippen LogP contribution in [0.1, 0.15) is 11.1 Å². The smallest absolute Gasteiger partial charge is 0.130 e. The molecule has 0 saturated carbocycles. The number of halogens is 2. The number of nitrogens with one attached hydrogen (secondary N) is 1. The van der Waals surface area contributed by atoms with E-state index in [1.807, 2.05) is 31.3 Å². The molecule has 0 aromatic heterocycles. The Morgan fingerprint density at radius 2 is 1.74 bits per heavy atom. The van der Waals surface area contributed by atoms with Gasteiger partial charge in [-0.1, -0.05) is 18.2 Å². The average molecular weight is 279 g/mol. The van der Waals surface area contributed by atoms with Crippen LogP contribution < -0.4 is 5.32 Å². The summed E-state index contributed by atoms with van der Waals surface area (Å²) >= 11 is 1.43. The van der Waals surface area contributed by atoms with Crippen molar-refractivity contribution in [3.63, 3.8) is 0 Å². The maximum absolute atomic E-state index is 13.5. The van der Waals surface area contributed by atoms with Crippen LogP contribution in [0.2, 0.25) is 0 Å². The topological polar surface area (TPSA) is 12.0 Å². The Kier molecular flexibility index (Phi) is 4.93. The average Bonchev–Trinajstić information content (AvgIpc) is 2.39. The molecule has 1 N–H and O–H groups in total. The fraction of sp³-hybridized carbons (Fsp3) is 0.200. The zero-order valence-corrected chi connectivity index (χ0v) is 11.4. The summed E-state index contributed by atoms with van der Waals surface area (Å²) < 4.78 is 27.0. The molecule has 0 spiro atoms. The highest BCUT2D eigenvalue weighted by molar-refractivity contribution is 7.98. The summed E-state index contributed by atoms with van der Waals surface area (Å²) in [5.41, 5.74) is 1.29. The Morgan fingerprint density at radius 3 is 2.42 bits per heavy atom. The molecule has 2 aromatic carbocycles. The summed E-state index contributed by atoms with van der Waals surface area (Å²) in [6, 6.07) is 11.9. The zero-order chi connectivity index (χ0) is 13.7. The number of rotatable bonds is 5. The van der Waals surface area contributed by atoms with Crippen molar-refractivity contribution in [3.05, 3.63) is 65.2 Å². The second-order valence-corrected chi connectivity index (χ2v) is 5.22. The van der Waals surface area contributed by atoms with Gasteiger partial charge in [0.05, 0.1) is 0 Å². The fourth-order valence-corrected chi connectivity index (χ4v) is 2.77. The lowest BCUT2D eigenvalue weighted by atomic mass is 10.2. The molecule has 0 aliphatic heterocycles. The molecular weight excluding hydrogens is 264 g/mol. The van der Waals surface area contributed by atoms with Gasteiger partial charge in [-0.2, -0.15) is 0 Å². The van der Waals surface area contributed by atoms with Crippen molar-refractivity contribution in [1.82, 2.24) is 5.32 Å². The van der Waals surface area contributed by atoms with Crippen LogP contribution in [0.3, 0.4) is 0 Å². The lowest BCUT2D eigenvalue weighted by molar-refractivity contribution is 0.566. The molecule has 2 rings (SSSR count). The molecule has 4 heteroatoms. The Balaban J connectivity index is 2.08. The van der Waals surface area contributed by atoms with Gasteiger partial charge < -0.3 is 5.32 Å². The van der Waals surface area contributed by atoms with Crippen LogP contribution in [0.4, 0.5) is 8.78 Å². The fourth-order valence-electron chi connectivity index (χ4n) is 1.78. The van der Waals surface area contributed by atoms with Gasteiger partial charge in [0.15, 0.2) is 0 Å². The van der Waals surface area contributed by atoms with Crippen molar-refractivity contribution in [2.24, 2.45) is 0 Å². The normalized spacial score (nSPS) is 10.7. The molecule has 100 valence electrons. The zero-order valence-electron chi connectivity index (χ0n) is 10.6. The van der Waals surface area contributed by atoms with Crippen LogP contribution in [0, 0.1) is 11.6 Å². The van der Waals surface area contributed by atoms with Gasteiger partial charge in [0.1, 0.15) is 11.6 Å². The van der Waals surface area contributed by atoms with Crippen molar-refractivity contribution in [2.45, 2.75) is 17.2 Å². The van der Waals surface area contributed by atoms with E-state index < -0.39 is 11.6 Å². The largest absolute Gasteiger partial charge is 0.316 e. The molecule has 19 heavy (non-hydrogen) atoms. The van der Waals surface area contributed by atoms with Gasteiger partial charge in [-0.3, -0.25) is 0 Å². The summed E-state index contributed by atoms with van der Waals surface area (Å²) in [5.74, 6) is -0.681. The van der Waals surface area contributed by atoms with E-state index in [1.165, 1.54) is 30.0 Å². The van der Waals surface area contributed by atoms with Gasteiger partial charge in [-0.05, 0) is 36.9 Å². The van der Waals surface area contributed by atoms with E-state index in [9.17, 15) is 8.78 Å². The maximum atomic E-state index is 13.5. The Morgan fingerprint density at radius 1 is 1.05 bits per heavy atom. The first-order chi connectivity index (χ1) is 9.20. The quantitative estimate of drug-likeness (QED) is 0.831. The molecule has 0 bridgehead atoms. The lowest BCUT2D eigenvalue weighted by Crippen LogP contribution is -2.04. The molecule has 0 amide bonds. The second-order valence-electron chi connectivity index (χ2n) is 4.17. The molecule has 0 fully saturated rings. The van der Waals surface area contributed by atoms with Crippen molar-refractivity contribution in [1.29, 1.82) is 0 Å². The number of hydrogen-bond donors (Lipinski definition) is 1. The van der Waals surface area contributed by atoms with Crippen LogP contribution in [-0.4, -0.2) is 7.05 Å². The summed E-state index contributed by atoms with van der Waals surface area (Å²) in [6.45, 7) is 0.780. The molecule has 0 heterocycles. The van der Waals surface area contributed by atoms with E-state index in [0.717, 1.165) is 17.0 Å². The summed E-state index contributed by atoms with van der Waals surface area (Å²) in [5, 5.41) is 3.07. The SMILES string of the molecule is CNCc1cccc(SCc2c(F)cccc2F)c1. The number of hydrogen-bond acceptors (Lipinski definition) is 2. The highest BCUT2D eigenvalue weighted by Gasteiger charge is 2.08. The van der Waals surface area contributed by atoms with Crippen molar-refractivity contribution in [2.75, 3.05) is 7.05 Å². The van der Waals surface area contributed by atoms with Gasteiger partial charge in [-0.25, -0.2) is 8.78 Å².